The Hall–Kier alpha value is -0.680. The van der Waals surface area contributed by atoms with E-state index in [1.807, 2.05) is 18.7 Å². The molecule has 114 valence electrons. The first kappa shape index (κ1) is 17.4. The fourth-order valence-corrected chi connectivity index (χ4v) is 2.61. The molecule has 0 amide bonds. The summed E-state index contributed by atoms with van der Waals surface area (Å²) in [6, 6.07) is 0. The molecule has 1 rings (SSSR count). The van der Waals surface area contributed by atoms with Gasteiger partial charge in [-0.05, 0) is 31.3 Å². The van der Waals surface area contributed by atoms with Crippen molar-refractivity contribution in [2.24, 2.45) is 0 Å². The Balaban J connectivity index is 2.37. The topological polar surface area (TPSA) is 46.9 Å². The second-order valence-electron chi connectivity index (χ2n) is 4.73. The van der Waals surface area contributed by atoms with Crippen molar-refractivity contribution in [3.63, 3.8) is 0 Å². The molecule has 1 aromatic heterocycles. The number of hydrogen-bond acceptors (Lipinski definition) is 4. The molecule has 4 nitrogen and oxygen atoms in total. The third kappa shape index (κ3) is 5.75. The summed E-state index contributed by atoms with van der Waals surface area (Å²) in [6.07, 6.45) is 9.47. The van der Waals surface area contributed by atoms with E-state index in [1.165, 1.54) is 29.7 Å². The average Bonchev–Trinajstić information content (AvgIpc) is 2.45. The molecular formula is C14H24ClN3OS. The van der Waals surface area contributed by atoms with E-state index >= 15 is 0 Å². The lowest BCUT2D eigenvalue weighted by Gasteiger charge is -2.09. The number of aromatic nitrogens is 2. The number of aryl methyl sites for hydroxylation is 1. The van der Waals surface area contributed by atoms with Crippen LogP contribution in [0.4, 0.5) is 5.69 Å². The molecule has 0 radical (unpaired) electrons. The van der Waals surface area contributed by atoms with Crippen LogP contribution < -0.4 is 10.9 Å². The maximum atomic E-state index is 11.9. The number of hydrogen-bond donors (Lipinski definition) is 1. The summed E-state index contributed by atoms with van der Waals surface area (Å²) in [6.45, 7) is 3.44. The lowest BCUT2D eigenvalue weighted by Crippen LogP contribution is -2.24. The normalized spacial score (nSPS) is 10.8. The highest BCUT2D eigenvalue weighted by molar-refractivity contribution is 7.98. The van der Waals surface area contributed by atoms with Crippen molar-refractivity contribution in [3.8, 4) is 0 Å². The van der Waals surface area contributed by atoms with Crippen molar-refractivity contribution in [3.05, 3.63) is 21.6 Å². The minimum absolute atomic E-state index is 0.210. The summed E-state index contributed by atoms with van der Waals surface area (Å²) in [5, 5.41) is 7.57. The number of halogens is 1. The quantitative estimate of drug-likeness (QED) is 0.669. The van der Waals surface area contributed by atoms with Crippen molar-refractivity contribution in [1.82, 2.24) is 9.78 Å². The molecule has 0 bridgehead atoms. The highest BCUT2D eigenvalue weighted by atomic mass is 35.5. The third-order valence-electron chi connectivity index (χ3n) is 3.01. The number of nitrogens with one attached hydrogen (secondary N) is 1. The molecule has 0 fully saturated rings. The maximum absolute atomic E-state index is 11.9. The summed E-state index contributed by atoms with van der Waals surface area (Å²) in [5.74, 6) is 1.23. The standard InChI is InChI=1S/C14H24ClN3OS/c1-3-9-18-14(19)13(15)12(11-17-18)16-8-6-4-5-7-10-20-2/h11,16H,3-10H2,1-2H3. The molecule has 0 aliphatic heterocycles. The van der Waals surface area contributed by atoms with Gasteiger partial charge in [-0.15, -0.1) is 0 Å². The Kier molecular flexibility index (Phi) is 8.78. The van der Waals surface area contributed by atoms with Crippen LogP contribution in [0.2, 0.25) is 5.02 Å². The van der Waals surface area contributed by atoms with E-state index in [-0.39, 0.29) is 10.6 Å². The van der Waals surface area contributed by atoms with Crippen molar-refractivity contribution >= 4 is 29.1 Å². The Morgan fingerprint density at radius 2 is 2.10 bits per heavy atom. The van der Waals surface area contributed by atoms with Gasteiger partial charge in [-0.1, -0.05) is 31.4 Å². The second-order valence-corrected chi connectivity index (χ2v) is 6.10. The largest absolute Gasteiger partial charge is 0.382 e. The number of unbranched alkanes of at least 4 members (excludes halogenated alkanes) is 3. The van der Waals surface area contributed by atoms with Gasteiger partial charge in [0, 0.05) is 13.1 Å². The molecule has 0 aliphatic carbocycles. The van der Waals surface area contributed by atoms with Gasteiger partial charge in [-0.2, -0.15) is 16.9 Å². The van der Waals surface area contributed by atoms with Gasteiger partial charge >= 0.3 is 0 Å². The molecule has 0 saturated heterocycles. The molecule has 20 heavy (non-hydrogen) atoms. The van der Waals surface area contributed by atoms with Crippen LogP contribution in [0, 0.1) is 0 Å². The summed E-state index contributed by atoms with van der Waals surface area (Å²) in [7, 11) is 0. The number of rotatable bonds is 10. The Bertz CT molecular complexity index is 451. The fourth-order valence-electron chi connectivity index (χ4n) is 1.91. The van der Waals surface area contributed by atoms with Crippen molar-refractivity contribution in [2.75, 3.05) is 23.9 Å². The zero-order valence-corrected chi connectivity index (χ0v) is 13.9. The monoisotopic (exact) mass is 317 g/mol. The molecule has 6 heteroatoms. The molecule has 0 spiro atoms. The van der Waals surface area contributed by atoms with Crippen LogP contribution in [0.1, 0.15) is 39.0 Å². The van der Waals surface area contributed by atoms with Crippen LogP contribution in [-0.4, -0.2) is 28.3 Å². The van der Waals surface area contributed by atoms with Gasteiger partial charge in [0.2, 0.25) is 0 Å². The Morgan fingerprint density at radius 1 is 1.35 bits per heavy atom. The molecule has 0 atom stereocenters. The SMILES string of the molecule is CCCn1ncc(NCCCCCCSC)c(Cl)c1=O. The van der Waals surface area contributed by atoms with Gasteiger partial charge in [0.25, 0.3) is 5.56 Å². The van der Waals surface area contributed by atoms with Crippen LogP contribution in [0.5, 0.6) is 0 Å². The first-order valence-corrected chi connectivity index (χ1v) is 8.96. The molecule has 0 saturated carbocycles. The first-order valence-electron chi connectivity index (χ1n) is 7.19. The Labute approximate surface area is 130 Å². The van der Waals surface area contributed by atoms with Crippen LogP contribution in [0.25, 0.3) is 0 Å². The Morgan fingerprint density at radius 3 is 2.80 bits per heavy atom. The van der Waals surface area contributed by atoms with Crippen LogP contribution in [0.15, 0.2) is 11.0 Å². The molecule has 0 aliphatic rings. The van der Waals surface area contributed by atoms with E-state index in [2.05, 4.69) is 16.7 Å². The van der Waals surface area contributed by atoms with Gasteiger partial charge in [-0.3, -0.25) is 4.79 Å². The predicted octanol–water partition coefficient (Wildman–Crippen LogP) is 3.64. The van der Waals surface area contributed by atoms with Crippen molar-refractivity contribution in [2.45, 2.75) is 45.6 Å². The zero-order valence-electron chi connectivity index (χ0n) is 12.3. The van der Waals surface area contributed by atoms with E-state index < -0.39 is 0 Å². The molecule has 1 aromatic rings. The number of thioether (sulfide) groups is 1. The summed E-state index contributed by atoms with van der Waals surface area (Å²) in [5.41, 5.74) is 0.437. The fraction of sp³-hybridized carbons (Fsp3) is 0.714. The van der Waals surface area contributed by atoms with E-state index in [0.29, 0.717) is 12.2 Å². The van der Waals surface area contributed by atoms with Gasteiger partial charge in [-0.25, -0.2) is 4.68 Å². The summed E-state index contributed by atoms with van der Waals surface area (Å²) >= 11 is 7.97. The van der Waals surface area contributed by atoms with Crippen molar-refractivity contribution in [1.29, 1.82) is 0 Å². The summed E-state index contributed by atoms with van der Waals surface area (Å²) in [4.78, 5) is 11.9. The number of nitrogens with zero attached hydrogens (tertiary/aromatic N) is 2. The molecule has 0 aromatic carbocycles. The summed E-state index contributed by atoms with van der Waals surface area (Å²) < 4.78 is 1.41. The average molecular weight is 318 g/mol. The third-order valence-corrected chi connectivity index (χ3v) is 4.07. The van der Waals surface area contributed by atoms with Gasteiger partial charge in [0.1, 0.15) is 5.02 Å². The lowest BCUT2D eigenvalue weighted by atomic mass is 10.2. The van der Waals surface area contributed by atoms with Gasteiger partial charge in [0.05, 0.1) is 11.9 Å². The van der Waals surface area contributed by atoms with E-state index in [1.54, 1.807) is 6.20 Å². The predicted molar refractivity (Wildman–Crippen MR) is 89.1 cm³/mol. The van der Waals surface area contributed by atoms with E-state index in [0.717, 1.165) is 19.4 Å². The van der Waals surface area contributed by atoms with Crippen LogP contribution in [-0.2, 0) is 6.54 Å². The van der Waals surface area contributed by atoms with Gasteiger partial charge in [0.15, 0.2) is 0 Å². The zero-order chi connectivity index (χ0) is 14.8. The minimum atomic E-state index is -0.210. The lowest BCUT2D eigenvalue weighted by molar-refractivity contribution is 0.568. The van der Waals surface area contributed by atoms with Crippen LogP contribution >= 0.6 is 23.4 Å². The molecule has 1 heterocycles. The van der Waals surface area contributed by atoms with Crippen LogP contribution in [0.3, 0.4) is 0 Å². The van der Waals surface area contributed by atoms with Crippen molar-refractivity contribution < 1.29 is 0 Å². The highest BCUT2D eigenvalue weighted by Gasteiger charge is 2.07. The molecular weight excluding hydrogens is 294 g/mol. The van der Waals surface area contributed by atoms with Gasteiger partial charge < -0.3 is 5.32 Å². The highest BCUT2D eigenvalue weighted by Crippen LogP contribution is 2.15. The second kappa shape index (κ2) is 10.1. The smallest absolute Gasteiger partial charge is 0.287 e. The molecule has 1 N–H and O–H groups in total. The maximum Gasteiger partial charge on any atom is 0.287 e. The van der Waals surface area contributed by atoms with E-state index in [4.69, 9.17) is 11.6 Å². The van der Waals surface area contributed by atoms with E-state index in [9.17, 15) is 4.79 Å². The number of anilines is 1. The first-order chi connectivity index (χ1) is 9.70. The molecule has 0 unspecified atom stereocenters. The minimum Gasteiger partial charge on any atom is -0.382 e.